The number of anilines is 1. The number of rotatable bonds is 5. The van der Waals surface area contributed by atoms with Gasteiger partial charge in [0, 0.05) is 71.6 Å². The molecule has 0 saturated carbocycles. The van der Waals surface area contributed by atoms with Gasteiger partial charge in [0.25, 0.3) is 0 Å². The van der Waals surface area contributed by atoms with Gasteiger partial charge in [0.05, 0.1) is 5.69 Å². The minimum absolute atomic E-state index is 0. The van der Waals surface area contributed by atoms with Crippen LogP contribution in [0.25, 0.3) is 11.5 Å². The molecule has 0 unspecified atom stereocenters. The zero-order valence-corrected chi connectivity index (χ0v) is 20.7. The van der Waals surface area contributed by atoms with Crippen molar-refractivity contribution in [2.24, 2.45) is 10.7 Å². The molecule has 1 radical (unpaired) electrons. The number of pyridine rings is 2. The van der Waals surface area contributed by atoms with Crippen molar-refractivity contribution in [1.82, 2.24) is 14.9 Å². The number of nitrogens with two attached hydrogens (primary N) is 1. The summed E-state index contributed by atoms with van der Waals surface area (Å²) in [6.07, 6.45) is 6.32. The van der Waals surface area contributed by atoms with E-state index in [0.29, 0.717) is 23.3 Å². The molecule has 0 aliphatic carbocycles. The van der Waals surface area contributed by atoms with Crippen molar-refractivity contribution in [1.29, 1.82) is 0 Å². The topological polar surface area (TPSA) is 118 Å². The first-order valence-corrected chi connectivity index (χ1v) is 9.81. The van der Waals surface area contributed by atoms with Gasteiger partial charge < -0.3 is 27.1 Å². The molecule has 30 heavy (non-hydrogen) atoms. The van der Waals surface area contributed by atoms with Crippen LogP contribution < -0.4 is 10.6 Å². The fraction of sp³-hybridized carbons (Fsp3) is 0.350. The Morgan fingerprint density at radius 2 is 1.93 bits per heavy atom. The fourth-order valence-electron chi connectivity index (χ4n) is 2.87. The summed E-state index contributed by atoms with van der Waals surface area (Å²) in [4.78, 5) is 17.0. The molecule has 8 nitrogen and oxygen atoms in total. The molecule has 1 aliphatic rings. The summed E-state index contributed by atoms with van der Waals surface area (Å²) < 4.78 is 0. The summed E-state index contributed by atoms with van der Waals surface area (Å²) in [5.41, 5.74) is 21.1. The van der Waals surface area contributed by atoms with Crippen molar-refractivity contribution in [3.8, 4) is 0 Å². The Morgan fingerprint density at radius 1 is 1.23 bits per heavy atom. The van der Waals surface area contributed by atoms with Gasteiger partial charge in [0.1, 0.15) is 0 Å². The first-order chi connectivity index (χ1) is 14.1. The van der Waals surface area contributed by atoms with Crippen molar-refractivity contribution in [2.45, 2.75) is 13.5 Å². The summed E-state index contributed by atoms with van der Waals surface area (Å²) in [6, 6.07) is 7.58. The summed E-state index contributed by atoms with van der Waals surface area (Å²) in [5, 5.41) is 0.456. The number of nitrogens with one attached hydrogen (secondary N) is 2. The molecule has 10 heteroatoms. The van der Waals surface area contributed by atoms with Gasteiger partial charge >= 0.3 is 0 Å². The van der Waals surface area contributed by atoms with Gasteiger partial charge in [-0.05, 0) is 30.0 Å². The fourth-order valence-corrected chi connectivity index (χ4v) is 3.14. The van der Waals surface area contributed by atoms with Crippen LogP contribution >= 0.6 is 11.6 Å². The maximum Gasteiger partial charge on any atom is 0.154 e. The second kappa shape index (κ2) is 14.4. The third-order valence-corrected chi connectivity index (χ3v) is 4.44. The summed E-state index contributed by atoms with van der Waals surface area (Å²) in [6.45, 7) is 6.72. The Labute approximate surface area is 208 Å². The van der Waals surface area contributed by atoms with Crippen LogP contribution in [0.4, 0.5) is 17.3 Å². The van der Waals surface area contributed by atoms with Crippen LogP contribution in [-0.4, -0.2) is 53.8 Å². The Kier molecular flexibility index (Phi) is 12.7. The van der Waals surface area contributed by atoms with Gasteiger partial charge in [0.15, 0.2) is 11.0 Å². The van der Waals surface area contributed by atoms with Gasteiger partial charge in [-0.2, -0.15) is 6.54 Å². The minimum atomic E-state index is 0. The number of halogens is 1. The van der Waals surface area contributed by atoms with Crippen molar-refractivity contribution < 1.29 is 32.7 Å². The van der Waals surface area contributed by atoms with Crippen molar-refractivity contribution in [2.75, 3.05) is 37.6 Å². The van der Waals surface area contributed by atoms with Crippen LogP contribution in [-0.2, 0) is 39.3 Å². The number of piperazine rings is 1. The molecule has 1 fully saturated rings. The second-order valence-corrected chi connectivity index (χ2v) is 6.67. The predicted octanol–water partition coefficient (Wildman–Crippen LogP) is 4.37. The van der Waals surface area contributed by atoms with E-state index in [1.165, 1.54) is 6.20 Å². The van der Waals surface area contributed by atoms with E-state index in [-0.39, 0.29) is 32.7 Å². The summed E-state index contributed by atoms with van der Waals surface area (Å²) in [5.74, 6) is 0.864. The standard InChI is InChI=1S/C18H21ClN7.C2H6N.Y/c19-18-15(2-3-17(24-18)23-6-1-5-20)26-10-8-25(9-11-26)13-14-4-7-22-16(21)12-14;1-2-3;/h1-7,12H,8-11,13,20H2,(H-,21,22);3H,2H2,1H3;/q2*-1;/b5-1-,23-6?;;. The largest absolute Gasteiger partial charge is 0.678 e. The van der Waals surface area contributed by atoms with Gasteiger partial charge in [-0.3, -0.25) is 4.90 Å². The van der Waals surface area contributed by atoms with E-state index in [1.54, 1.807) is 25.4 Å². The molecule has 1 saturated heterocycles. The molecule has 4 N–H and O–H groups in total. The molecule has 159 valence electrons. The normalized spacial score (nSPS) is 14.4. The van der Waals surface area contributed by atoms with Crippen molar-refractivity contribution in [3.63, 3.8) is 0 Å². The van der Waals surface area contributed by atoms with E-state index in [9.17, 15) is 0 Å². The third kappa shape index (κ3) is 8.65. The Morgan fingerprint density at radius 3 is 2.53 bits per heavy atom. The van der Waals surface area contributed by atoms with Gasteiger partial charge in [-0.15, -0.1) is 0 Å². The smallest absolute Gasteiger partial charge is 0.154 e. The molecular weight excluding hydrogens is 477 g/mol. The quantitative estimate of drug-likeness (QED) is 0.480. The molecule has 0 aromatic carbocycles. The van der Waals surface area contributed by atoms with Crippen LogP contribution in [0.15, 0.2) is 47.7 Å². The molecular formula is C20H27ClN8Y-2. The van der Waals surface area contributed by atoms with Crippen LogP contribution in [0.1, 0.15) is 12.5 Å². The molecule has 2 aromatic heterocycles. The van der Waals surface area contributed by atoms with Crippen LogP contribution in [0.5, 0.6) is 0 Å². The van der Waals surface area contributed by atoms with Crippen molar-refractivity contribution in [3.05, 3.63) is 64.9 Å². The van der Waals surface area contributed by atoms with Gasteiger partial charge in [-0.25, -0.2) is 9.98 Å². The van der Waals surface area contributed by atoms with Crippen LogP contribution in [0.3, 0.4) is 0 Å². The van der Waals surface area contributed by atoms with E-state index in [1.807, 2.05) is 24.3 Å². The van der Waals surface area contributed by atoms with Crippen molar-refractivity contribution >= 4 is 35.1 Å². The zero-order chi connectivity index (χ0) is 21.1. The second-order valence-electron chi connectivity index (χ2n) is 6.31. The third-order valence-electron chi connectivity index (χ3n) is 4.16. The zero-order valence-electron chi connectivity index (χ0n) is 17.1. The van der Waals surface area contributed by atoms with Crippen LogP contribution in [0.2, 0.25) is 5.15 Å². The summed E-state index contributed by atoms with van der Waals surface area (Å²) >= 11 is 6.35. The number of allylic oxidation sites excluding steroid dienone is 1. The maximum atomic E-state index is 7.61. The molecule has 0 spiro atoms. The minimum Gasteiger partial charge on any atom is -0.678 e. The predicted molar refractivity (Wildman–Crippen MR) is 121 cm³/mol. The molecule has 0 atom stereocenters. The Bertz CT molecular complexity index is 822. The molecule has 1 aliphatic heterocycles. The molecule has 2 aromatic rings. The number of aliphatic imine (C=N–C) groups is 1. The number of hydrogen-bond acceptors (Lipinski definition) is 6. The van der Waals surface area contributed by atoms with E-state index < -0.39 is 0 Å². The molecule has 0 bridgehead atoms. The van der Waals surface area contributed by atoms with E-state index >= 15 is 0 Å². The van der Waals surface area contributed by atoms with E-state index in [2.05, 4.69) is 24.8 Å². The number of nitrogens with zero attached hydrogens (tertiary/aromatic N) is 5. The van der Waals surface area contributed by atoms with Crippen LogP contribution in [0, 0.1) is 0 Å². The van der Waals surface area contributed by atoms with Gasteiger partial charge in [-0.1, -0.05) is 42.7 Å². The first kappa shape index (κ1) is 26.5. The monoisotopic (exact) mass is 503 g/mol. The molecule has 3 rings (SSSR count). The SMILES string of the molecule is CC[NH-].[NH-]c1cc(CN2CCN(c3ccc(N=C/C=C\N)nc3Cl)CC2)ccn1.[Y]. The average Bonchev–Trinajstić information content (AvgIpc) is 2.70. The molecule has 3 heterocycles. The van der Waals surface area contributed by atoms with E-state index in [0.717, 1.165) is 44.0 Å². The van der Waals surface area contributed by atoms with Gasteiger partial charge in [0.2, 0.25) is 0 Å². The number of hydrogen-bond donors (Lipinski definition) is 1. The average molecular weight is 504 g/mol. The maximum absolute atomic E-state index is 7.61. The summed E-state index contributed by atoms with van der Waals surface area (Å²) in [7, 11) is 0. The Hall–Kier alpha value is -1.58. The molecule has 0 amide bonds. The van der Waals surface area contributed by atoms with E-state index in [4.69, 9.17) is 28.8 Å². The Balaban J connectivity index is 0.00000106. The number of aromatic nitrogens is 2. The first-order valence-electron chi connectivity index (χ1n) is 9.43.